The van der Waals surface area contributed by atoms with Crippen LogP contribution in [0.5, 0.6) is 11.5 Å². The first-order valence-electron chi connectivity index (χ1n) is 7.08. The van der Waals surface area contributed by atoms with E-state index in [1.54, 1.807) is 7.11 Å². The van der Waals surface area contributed by atoms with Crippen molar-refractivity contribution in [2.24, 2.45) is 0 Å². The van der Waals surface area contributed by atoms with Gasteiger partial charge in [-0.3, -0.25) is 0 Å². The van der Waals surface area contributed by atoms with Gasteiger partial charge in [0.15, 0.2) is 0 Å². The Morgan fingerprint density at radius 2 is 2.09 bits per heavy atom. The van der Waals surface area contributed by atoms with E-state index in [2.05, 4.69) is 5.32 Å². The topological polar surface area (TPSA) is 67.8 Å². The molecular formula is C17H17NO4. The quantitative estimate of drug-likeness (QED) is 0.911. The maximum atomic E-state index is 10.9. The third kappa shape index (κ3) is 2.83. The molecule has 1 heterocycles. The molecule has 0 radical (unpaired) electrons. The first-order valence-corrected chi connectivity index (χ1v) is 7.08. The highest BCUT2D eigenvalue weighted by molar-refractivity contribution is 5.69. The minimum absolute atomic E-state index is 0.222. The fourth-order valence-electron chi connectivity index (χ4n) is 2.67. The SMILES string of the molecule is COc1cccc(-c2ccc3c(c2)OCCC3NC(=O)O)c1. The normalized spacial score (nSPS) is 16.3. The van der Waals surface area contributed by atoms with Crippen LogP contribution < -0.4 is 14.8 Å². The van der Waals surface area contributed by atoms with Crippen LogP contribution in [-0.4, -0.2) is 24.9 Å². The summed E-state index contributed by atoms with van der Waals surface area (Å²) in [5.41, 5.74) is 2.91. The number of ether oxygens (including phenoxy) is 2. The summed E-state index contributed by atoms with van der Waals surface area (Å²) in [5.74, 6) is 1.52. The molecule has 22 heavy (non-hydrogen) atoms. The summed E-state index contributed by atoms with van der Waals surface area (Å²) in [4.78, 5) is 10.9. The predicted octanol–water partition coefficient (Wildman–Crippen LogP) is 3.45. The van der Waals surface area contributed by atoms with Crippen LogP contribution in [0, 0.1) is 0 Å². The van der Waals surface area contributed by atoms with Gasteiger partial charge >= 0.3 is 6.09 Å². The van der Waals surface area contributed by atoms with Gasteiger partial charge < -0.3 is 19.9 Å². The van der Waals surface area contributed by atoms with Gasteiger partial charge in [0, 0.05) is 12.0 Å². The molecule has 5 nitrogen and oxygen atoms in total. The maximum absolute atomic E-state index is 10.9. The molecule has 0 aliphatic carbocycles. The van der Waals surface area contributed by atoms with E-state index in [0.29, 0.717) is 13.0 Å². The van der Waals surface area contributed by atoms with Crippen LogP contribution in [0.3, 0.4) is 0 Å². The zero-order valence-corrected chi connectivity index (χ0v) is 12.2. The van der Waals surface area contributed by atoms with Gasteiger partial charge in [0.1, 0.15) is 11.5 Å². The third-order valence-corrected chi connectivity index (χ3v) is 3.75. The summed E-state index contributed by atoms with van der Waals surface area (Å²) in [7, 11) is 1.64. The van der Waals surface area contributed by atoms with Gasteiger partial charge in [-0.05, 0) is 29.3 Å². The van der Waals surface area contributed by atoms with Gasteiger partial charge in [0.25, 0.3) is 0 Å². The first-order chi connectivity index (χ1) is 10.7. The van der Waals surface area contributed by atoms with Crippen molar-refractivity contribution in [2.75, 3.05) is 13.7 Å². The van der Waals surface area contributed by atoms with Crippen LogP contribution in [-0.2, 0) is 0 Å². The van der Waals surface area contributed by atoms with E-state index < -0.39 is 6.09 Å². The Balaban J connectivity index is 1.94. The molecule has 5 heteroatoms. The number of carbonyl (C=O) groups is 1. The zero-order chi connectivity index (χ0) is 15.5. The largest absolute Gasteiger partial charge is 0.497 e. The minimum atomic E-state index is -1.02. The fourth-order valence-corrected chi connectivity index (χ4v) is 2.67. The molecule has 1 amide bonds. The summed E-state index contributed by atoms with van der Waals surface area (Å²) < 4.78 is 10.9. The van der Waals surface area contributed by atoms with E-state index in [1.165, 1.54) is 0 Å². The van der Waals surface area contributed by atoms with E-state index in [4.69, 9.17) is 14.6 Å². The van der Waals surface area contributed by atoms with Crippen molar-refractivity contribution in [3.8, 4) is 22.6 Å². The Bertz CT molecular complexity index is 699. The standard InChI is InChI=1S/C17H17NO4/c1-21-13-4-2-3-11(9-13)12-5-6-14-15(18-17(19)20)7-8-22-16(14)10-12/h2-6,9-10,15,18H,7-8H2,1H3,(H,19,20). The smallest absolute Gasteiger partial charge is 0.405 e. The van der Waals surface area contributed by atoms with E-state index in [9.17, 15) is 4.79 Å². The highest BCUT2D eigenvalue weighted by Gasteiger charge is 2.23. The van der Waals surface area contributed by atoms with Crippen molar-refractivity contribution >= 4 is 6.09 Å². The van der Waals surface area contributed by atoms with Crippen molar-refractivity contribution in [1.29, 1.82) is 0 Å². The Hall–Kier alpha value is -2.69. The number of hydrogen-bond donors (Lipinski definition) is 2. The number of benzene rings is 2. The van der Waals surface area contributed by atoms with E-state index in [-0.39, 0.29) is 6.04 Å². The Labute approximate surface area is 128 Å². The minimum Gasteiger partial charge on any atom is -0.497 e. The summed E-state index contributed by atoms with van der Waals surface area (Å²) in [5, 5.41) is 11.4. The maximum Gasteiger partial charge on any atom is 0.405 e. The predicted molar refractivity (Wildman–Crippen MR) is 82.4 cm³/mol. The molecule has 0 saturated carbocycles. The molecule has 1 atom stereocenters. The van der Waals surface area contributed by atoms with Gasteiger partial charge in [-0.2, -0.15) is 0 Å². The van der Waals surface area contributed by atoms with Crippen molar-refractivity contribution in [2.45, 2.75) is 12.5 Å². The number of fused-ring (bicyclic) bond motifs is 1. The van der Waals surface area contributed by atoms with Crippen LogP contribution in [0.15, 0.2) is 42.5 Å². The van der Waals surface area contributed by atoms with Crippen molar-refractivity contribution in [1.82, 2.24) is 5.32 Å². The highest BCUT2D eigenvalue weighted by atomic mass is 16.5. The number of methoxy groups -OCH3 is 1. The summed E-state index contributed by atoms with van der Waals surface area (Å²) in [6, 6.07) is 13.4. The molecule has 1 unspecified atom stereocenters. The van der Waals surface area contributed by atoms with Crippen LogP contribution >= 0.6 is 0 Å². The van der Waals surface area contributed by atoms with Crippen molar-refractivity contribution < 1.29 is 19.4 Å². The van der Waals surface area contributed by atoms with Crippen LogP contribution in [0.1, 0.15) is 18.0 Å². The second-order valence-electron chi connectivity index (χ2n) is 5.12. The van der Waals surface area contributed by atoms with Crippen LogP contribution in [0.2, 0.25) is 0 Å². The Morgan fingerprint density at radius 3 is 2.86 bits per heavy atom. The molecule has 3 rings (SSSR count). The fraction of sp³-hybridized carbons (Fsp3) is 0.235. The molecule has 1 aliphatic rings. The zero-order valence-electron chi connectivity index (χ0n) is 12.2. The monoisotopic (exact) mass is 299 g/mol. The number of hydrogen-bond acceptors (Lipinski definition) is 3. The molecule has 0 aromatic heterocycles. The molecule has 114 valence electrons. The van der Waals surface area contributed by atoms with E-state index in [1.807, 2.05) is 42.5 Å². The molecule has 2 aromatic rings. The molecule has 0 bridgehead atoms. The molecule has 2 N–H and O–H groups in total. The molecule has 0 saturated heterocycles. The Morgan fingerprint density at radius 1 is 1.27 bits per heavy atom. The number of rotatable bonds is 3. The summed E-state index contributed by atoms with van der Waals surface area (Å²) in [6.07, 6.45) is -0.382. The van der Waals surface area contributed by atoms with Crippen LogP contribution in [0.25, 0.3) is 11.1 Å². The van der Waals surface area contributed by atoms with Crippen molar-refractivity contribution in [3.05, 3.63) is 48.0 Å². The summed E-state index contributed by atoms with van der Waals surface area (Å²) >= 11 is 0. The van der Waals surface area contributed by atoms with Gasteiger partial charge in [0.2, 0.25) is 0 Å². The lowest BCUT2D eigenvalue weighted by molar-refractivity contribution is 0.182. The lowest BCUT2D eigenvalue weighted by Gasteiger charge is -2.26. The van der Waals surface area contributed by atoms with E-state index >= 15 is 0 Å². The third-order valence-electron chi connectivity index (χ3n) is 3.75. The molecule has 2 aromatic carbocycles. The van der Waals surface area contributed by atoms with Gasteiger partial charge in [0.05, 0.1) is 19.8 Å². The molecular weight excluding hydrogens is 282 g/mol. The number of amides is 1. The molecule has 1 aliphatic heterocycles. The lowest BCUT2D eigenvalue weighted by Crippen LogP contribution is -2.30. The van der Waals surface area contributed by atoms with E-state index in [0.717, 1.165) is 28.2 Å². The number of carboxylic acid groups (broad SMARTS) is 1. The summed E-state index contributed by atoms with van der Waals surface area (Å²) in [6.45, 7) is 0.500. The first kappa shape index (κ1) is 14.3. The average molecular weight is 299 g/mol. The van der Waals surface area contributed by atoms with Crippen molar-refractivity contribution in [3.63, 3.8) is 0 Å². The van der Waals surface area contributed by atoms with Gasteiger partial charge in [-0.1, -0.05) is 24.3 Å². The van der Waals surface area contributed by atoms with Gasteiger partial charge in [-0.15, -0.1) is 0 Å². The highest BCUT2D eigenvalue weighted by Crippen LogP contribution is 2.36. The second kappa shape index (κ2) is 5.97. The van der Waals surface area contributed by atoms with Gasteiger partial charge in [-0.25, -0.2) is 4.79 Å². The molecule has 0 fully saturated rings. The molecule has 0 spiro atoms. The van der Waals surface area contributed by atoms with Crippen LogP contribution in [0.4, 0.5) is 4.79 Å². The average Bonchev–Trinajstić information content (AvgIpc) is 2.54. The Kier molecular flexibility index (Phi) is 3.87. The number of nitrogens with one attached hydrogen (secondary N) is 1. The second-order valence-corrected chi connectivity index (χ2v) is 5.12. The lowest BCUT2D eigenvalue weighted by atomic mass is 9.96.